The first kappa shape index (κ1) is 8.09. The minimum atomic E-state index is -2.71. The topological polar surface area (TPSA) is 118 Å². The number of hydrogen-bond acceptors (Lipinski definition) is 6. The smallest absolute Gasteiger partial charge is 0.211 e. The monoisotopic (exact) mass is 182 g/mol. The summed E-state index contributed by atoms with van der Waals surface area (Å²) in [5, 5.41) is 39.4. The molecule has 6 heteroatoms. The number of aldehydes is 1. The number of hydrogen-bond donors (Lipinski definition) is 5. The number of carbonyl (C=O) groups is 1. The Morgan fingerprint density at radius 1 is 1.42 bits per heavy atom. The lowest BCUT2D eigenvalue weighted by molar-refractivity contribution is -0.136. The zero-order valence-electron chi connectivity index (χ0n) is 8.12. The van der Waals surface area contributed by atoms with Crippen LogP contribution in [0.15, 0.2) is 0 Å². The zero-order valence-corrected chi connectivity index (χ0v) is 6.12. The second kappa shape index (κ2) is 5.18. The lowest BCUT2D eigenvalue weighted by Gasteiger charge is -2.22. The molecule has 0 rings (SSSR count). The van der Waals surface area contributed by atoms with E-state index in [0.717, 1.165) is 0 Å². The molecule has 0 spiro atoms. The molecule has 0 aliphatic rings. The molecule has 0 amide bonds. The maximum absolute atomic E-state index is 10.2. The first-order valence-corrected chi connectivity index (χ1v) is 3.17. The highest BCUT2D eigenvalue weighted by Gasteiger charge is 2.29. The molecule has 0 aliphatic carbocycles. The second-order valence-corrected chi connectivity index (χ2v) is 2.19. The van der Waals surface area contributed by atoms with Gasteiger partial charge in [-0.3, -0.25) is 0 Å². The lowest BCUT2D eigenvalue weighted by atomic mass is 10.0. The Kier molecular flexibility index (Phi) is 3.49. The van der Waals surface area contributed by atoms with Gasteiger partial charge in [0.05, 0.1) is 7.98 Å². The van der Waals surface area contributed by atoms with Crippen molar-refractivity contribution in [2.75, 3.05) is 6.61 Å². The van der Waals surface area contributed by atoms with E-state index in [-0.39, 0.29) is 6.29 Å². The van der Waals surface area contributed by atoms with Gasteiger partial charge in [0.25, 0.3) is 0 Å². The minimum absolute atomic E-state index is 0.0361. The summed E-state index contributed by atoms with van der Waals surface area (Å²) in [6.45, 7) is -1.13. The van der Waals surface area contributed by atoms with Crippen molar-refractivity contribution in [2.45, 2.75) is 24.4 Å². The van der Waals surface area contributed by atoms with E-state index in [1.54, 1.807) is 0 Å². The van der Waals surface area contributed by atoms with Crippen LogP contribution in [0.4, 0.5) is 0 Å². The van der Waals surface area contributed by atoms with Crippen LogP contribution < -0.4 is 0 Å². The highest BCUT2D eigenvalue weighted by molar-refractivity contribution is 5.56. The van der Waals surface area contributed by atoms with E-state index in [4.69, 9.17) is 23.2 Å². The molecule has 0 aromatic heterocycles. The quantitative estimate of drug-likeness (QED) is 0.273. The van der Waals surface area contributed by atoms with Crippen LogP contribution in [0.5, 0.6) is 0 Å². The van der Waals surface area contributed by atoms with E-state index in [1.807, 2.05) is 0 Å². The summed E-state index contributed by atoms with van der Waals surface area (Å²) in [7, 11) is 0. The Bertz CT molecular complexity index is 187. The molecule has 0 aromatic rings. The fourth-order valence-electron chi connectivity index (χ4n) is 0.551. The van der Waals surface area contributed by atoms with E-state index >= 15 is 0 Å². The third-order valence-corrected chi connectivity index (χ3v) is 1.30. The first-order chi connectivity index (χ1) is 6.40. The summed E-state index contributed by atoms with van der Waals surface area (Å²) in [6.07, 6.45) is -8.44. The predicted molar refractivity (Wildman–Crippen MR) is 37.2 cm³/mol. The molecule has 0 aliphatic heterocycles. The van der Waals surface area contributed by atoms with Crippen molar-refractivity contribution >= 4 is 6.29 Å². The van der Waals surface area contributed by atoms with Crippen LogP contribution in [0, 0.1) is 0 Å². The van der Waals surface area contributed by atoms with Gasteiger partial charge in [-0.1, -0.05) is 0 Å². The third-order valence-electron chi connectivity index (χ3n) is 1.30. The molecule has 12 heavy (non-hydrogen) atoms. The third kappa shape index (κ3) is 2.84. The largest absolute Gasteiger partial charge is 0.394 e. The van der Waals surface area contributed by atoms with Gasteiger partial charge >= 0.3 is 0 Å². The van der Waals surface area contributed by atoms with Crippen LogP contribution in [0.1, 0.15) is 1.37 Å². The number of aliphatic hydroxyl groups excluding tert-OH is 4. The molecular formula is C6H12O6. The van der Waals surface area contributed by atoms with E-state index in [1.165, 1.54) is 0 Å². The van der Waals surface area contributed by atoms with Gasteiger partial charge in [-0.15, -0.1) is 0 Å². The Labute approximate surface area is 71.6 Å². The van der Waals surface area contributed by atoms with E-state index < -0.39 is 31.0 Å². The second-order valence-electron chi connectivity index (χ2n) is 2.19. The molecule has 4 atom stereocenters. The molecule has 0 saturated carbocycles. The van der Waals surface area contributed by atoms with Crippen molar-refractivity contribution in [3.63, 3.8) is 0 Å². The maximum Gasteiger partial charge on any atom is 0.211 e. The van der Waals surface area contributed by atoms with Crippen LogP contribution in [0.25, 0.3) is 0 Å². The highest BCUT2D eigenvalue weighted by Crippen LogP contribution is 2.02. The van der Waals surface area contributed by atoms with Crippen molar-refractivity contribution in [2.24, 2.45) is 0 Å². The van der Waals surface area contributed by atoms with Crippen LogP contribution in [-0.4, -0.2) is 64.3 Å². The number of carbonyl (C=O) groups excluding carboxylic acids is 1. The van der Waals surface area contributed by atoms with Crippen LogP contribution in [0.3, 0.4) is 0 Å². The van der Waals surface area contributed by atoms with Crippen molar-refractivity contribution in [1.29, 1.82) is 1.43 Å². The van der Waals surface area contributed by atoms with Crippen molar-refractivity contribution in [3.8, 4) is 0 Å². The normalized spacial score (nSPS) is 26.0. The van der Waals surface area contributed by atoms with Crippen LogP contribution >= 0.6 is 0 Å². The summed E-state index contributed by atoms with van der Waals surface area (Å²) in [5.74, 6) is 0. The number of aliphatic hydroxyl groups is 5. The Morgan fingerprint density at radius 2 is 2.00 bits per heavy atom. The van der Waals surface area contributed by atoms with Crippen LogP contribution in [-0.2, 0) is 4.79 Å². The summed E-state index contributed by atoms with van der Waals surface area (Å²) in [6, 6.07) is 0. The molecule has 0 unspecified atom stereocenters. The molecule has 0 saturated heterocycles. The standard InChI is InChI=1S/C6H12O6/c7-1-3(9)5(11)6(12)4(10)2-8/h1,3-6,8-12H,2H2/t3-,4+,5+,6+/m0/s1/i4D,9D. The molecular weight excluding hydrogens is 168 g/mol. The van der Waals surface area contributed by atoms with Gasteiger partial charge in [-0.2, -0.15) is 0 Å². The average molecular weight is 182 g/mol. The van der Waals surface area contributed by atoms with Crippen molar-refractivity contribution in [1.82, 2.24) is 0 Å². The molecule has 0 fully saturated rings. The summed E-state index contributed by atoms with van der Waals surface area (Å²) in [5.41, 5.74) is 0. The Balaban J connectivity index is 4.51. The van der Waals surface area contributed by atoms with Crippen molar-refractivity contribution in [3.05, 3.63) is 0 Å². The van der Waals surface area contributed by atoms with Crippen molar-refractivity contribution < 1.29 is 31.7 Å². The molecule has 0 heterocycles. The minimum Gasteiger partial charge on any atom is -0.394 e. The van der Waals surface area contributed by atoms with E-state index in [0.29, 0.717) is 0 Å². The predicted octanol–water partition coefficient (Wildman–Crippen LogP) is -3.38. The fourth-order valence-corrected chi connectivity index (χ4v) is 0.551. The average Bonchev–Trinajstić information content (AvgIpc) is 2.18. The van der Waals surface area contributed by atoms with Gasteiger partial charge in [0.2, 0.25) is 1.43 Å². The molecule has 0 bridgehead atoms. The van der Waals surface area contributed by atoms with Gasteiger partial charge in [-0.05, 0) is 0 Å². The van der Waals surface area contributed by atoms with Gasteiger partial charge in [0, 0.05) is 0 Å². The Morgan fingerprint density at radius 3 is 2.33 bits per heavy atom. The molecule has 72 valence electrons. The molecule has 0 aromatic carbocycles. The number of rotatable bonds is 6. The van der Waals surface area contributed by atoms with E-state index in [9.17, 15) is 4.79 Å². The van der Waals surface area contributed by atoms with Gasteiger partial charge in [0.15, 0.2) is 6.29 Å². The van der Waals surface area contributed by atoms with Gasteiger partial charge in [-0.25, -0.2) is 0 Å². The molecule has 0 radical (unpaired) electrons. The zero-order chi connectivity index (χ0) is 11.4. The first-order valence-electron chi connectivity index (χ1n) is 4.08. The SMILES string of the molecule is [2H]O[C@@H](C=O)[C@@H](O)[C@H](O)[C@]([2H])(O)CO. The Hall–Kier alpha value is -0.530. The summed E-state index contributed by atoms with van der Waals surface area (Å²) >= 11 is 0. The molecule has 5 N–H and O–H groups in total. The fraction of sp³-hybridized carbons (Fsp3) is 0.833. The van der Waals surface area contributed by atoms with Gasteiger partial charge < -0.3 is 30.3 Å². The van der Waals surface area contributed by atoms with Crippen LogP contribution in [0.2, 0.25) is 0 Å². The maximum atomic E-state index is 10.2. The lowest BCUT2D eigenvalue weighted by Crippen LogP contribution is -2.46. The summed E-state index contributed by atoms with van der Waals surface area (Å²) < 4.78 is 13.3. The summed E-state index contributed by atoms with van der Waals surface area (Å²) in [4.78, 5) is 10.2. The molecule has 6 nitrogen and oxygen atoms in total. The highest BCUT2D eigenvalue weighted by atomic mass is 16.4. The van der Waals surface area contributed by atoms with E-state index in [2.05, 4.69) is 5.11 Å². The van der Waals surface area contributed by atoms with Gasteiger partial charge in [0.1, 0.15) is 24.4 Å².